The molecule has 0 fully saturated rings. The molecule has 3 rings (SSSR count). The molecule has 30 heavy (non-hydrogen) atoms. The monoisotopic (exact) mass is 410 g/mol. The number of benzene rings is 2. The molecule has 0 radical (unpaired) electrons. The fraction of sp³-hybridized carbons (Fsp3) is 0.304. The second-order valence-corrected chi connectivity index (χ2v) is 6.78. The molecule has 1 unspecified atom stereocenters. The standard InChI is InChI=1S/C23H26N2O5/c1-4-29-18-11-10-17(14-19(18)28-3)21-20(15(2)24-23(27)25-21)22(26)30-13-12-16-8-6-5-7-9-16/h5-11,14,21H,4,12-13H2,1-3H3,(H2,24,25,27). The van der Waals surface area contributed by atoms with E-state index < -0.39 is 12.0 Å². The third-order valence-corrected chi connectivity index (χ3v) is 4.78. The molecule has 2 N–H and O–H groups in total. The molecule has 158 valence electrons. The van der Waals surface area contributed by atoms with Gasteiger partial charge in [-0.25, -0.2) is 9.59 Å². The lowest BCUT2D eigenvalue weighted by Crippen LogP contribution is -2.45. The van der Waals surface area contributed by atoms with E-state index in [0.717, 1.165) is 5.56 Å². The lowest BCUT2D eigenvalue weighted by atomic mass is 9.95. The van der Waals surface area contributed by atoms with E-state index in [1.54, 1.807) is 32.2 Å². The molecule has 0 aliphatic carbocycles. The van der Waals surface area contributed by atoms with E-state index in [9.17, 15) is 9.59 Å². The van der Waals surface area contributed by atoms with E-state index in [2.05, 4.69) is 10.6 Å². The van der Waals surface area contributed by atoms with Crippen LogP contribution in [0.1, 0.15) is 31.0 Å². The van der Waals surface area contributed by atoms with Crippen molar-refractivity contribution in [2.24, 2.45) is 0 Å². The van der Waals surface area contributed by atoms with Crippen LogP contribution in [0.3, 0.4) is 0 Å². The average molecular weight is 410 g/mol. The Morgan fingerprint density at radius 3 is 2.57 bits per heavy atom. The minimum atomic E-state index is -0.660. The van der Waals surface area contributed by atoms with Crippen LogP contribution in [0.5, 0.6) is 11.5 Å². The molecule has 0 aromatic heterocycles. The van der Waals surface area contributed by atoms with Gasteiger partial charge >= 0.3 is 12.0 Å². The lowest BCUT2D eigenvalue weighted by Gasteiger charge is -2.28. The number of methoxy groups -OCH3 is 1. The first-order chi connectivity index (χ1) is 14.5. The maximum Gasteiger partial charge on any atom is 0.338 e. The number of hydrogen-bond donors (Lipinski definition) is 2. The van der Waals surface area contributed by atoms with E-state index >= 15 is 0 Å². The van der Waals surface area contributed by atoms with Crippen molar-refractivity contribution in [2.45, 2.75) is 26.3 Å². The molecule has 0 bridgehead atoms. The molecule has 2 aromatic carbocycles. The van der Waals surface area contributed by atoms with Crippen molar-refractivity contribution in [3.05, 3.63) is 70.9 Å². The van der Waals surface area contributed by atoms with Gasteiger partial charge in [-0.1, -0.05) is 36.4 Å². The zero-order chi connectivity index (χ0) is 21.5. The van der Waals surface area contributed by atoms with Crippen LogP contribution in [0.25, 0.3) is 0 Å². The Kier molecular flexibility index (Phi) is 6.95. The minimum absolute atomic E-state index is 0.243. The number of rotatable bonds is 8. The molecular formula is C23H26N2O5. The number of esters is 1. The van der Waals surface area contributed by atoms with Crippen molar-refractivity contribution in [2.75, 3.05) is 20.3 Å². The number of amides is 2. The van der Waals surface area contributed by atoms with Gasteiger partial charge < -0.3 is 24.8 Å². The van der Waals surface area contributed by atoms with Gasteiger partial charge in [-0.3, -0.25) is 0 Å². The fourth-order valence-electron chi connectivity index (χ4n) is 3.34. The van der Waals surface area contributed by atoms with E-state index in [-0.39, 0.29) is 12.6 Å². The molecular weight excluding hydrogens is 384 g/mol. The van der Waals surface area contributed by atoms with Crippen molar-refractivity contribution >= 4 is 12.0 Å². The van der Waals surface area contributed by atoms with Gasteiger partial charge in [-0.05, 0) is 37.1 Å². The maximum absolute atomic E-state index is 12.9. The van der Waals surface area contributed by atoms with Gasteiger partial charge in [0, 0.05) is 12.1 Å². The average Bonchev–Trinajstić information content (AvgIpc) is 2.74. The van der Waals surface area contributed by atoms with E-state index in [0.29, 0.717) is 41.4 Å². The first-order valence-electron chi connectivity index (χ1n) is 9.83. The summed E-state index contributed by atoms with van der Waals surface area (Å²) in [5, 5.41) is 5.45. The Hall–Kier alpha value is -3.48. The van der Waals surface area contributed by atoms with Gasteiger partial charge in [0.15, 0.2) is 11.5 Å². The van der Waals surface area contributed by atoms with Crippen LogP contribution in [0.4, 0.5) is 4.79 Å². The molecule has 1 atom stereocenters. The van der Waals surface area contributed by atoms with Gasteiger partial charge in [-0.15, -0.1) is 0 Å². The van der Waals surface area contributed by atoms with Crippen molar-refractivity contribution in [1.82, 2.24) is 10.6 Å². The third kappa shape index (κ3) is 4.92. The van der Waals surface area contributed by atoms with Crippen molar-refractivity contribution in [1.29, 1.82) is 0 Å². The summed E-state index contributed by atoms with van der Waals surface area (Å²) in [6, 6.07) is 14.1. The Labute approximate surface area is 176 Å². The lowest BCUT2D eigenvalue weighted by molar-refractivity contribution is -0.139. The summed E-state index contributed by atoms with van der Waals surface area (Å²) in [7, 11) is 1.54. The Morgan fingerprint density at radius 2 is 1.87 bits per heavy atom. The molecule has 7 heteroatoms. The van der Waals surface area contributed by atoms with Gasteiger partial charge in [0.2, 0.25) is 0 Å². The predicted octanol–water partition coefficient (Wildman–Crippen LogP) is 3.51. The number of carbonyl (C=O) groups excluding carboxylic acids is 2. The maximum atomic E-state index is 12.9. The Bertz CT molecular complexity index is 940. The van der Waals surface area contributed by atoms with E-state index in [1.165, 1.54) is 0 Å². The molecule has 7 nitrogen and oxygen atoms in total. The minimum Gasteiger partial charge on any atom is -0.493 e. The first kappa shape index (κ1) is 21.2. The van der Waals surface area contributed by atoms with Gasteiger partial charge in [0.05, 0.1) is 31.9 Å². The van der Waals surface area contributed by atoms with Gasteiger partial charge in [-0.2, -0.15) is 0 Å². The Balaban J connectivity index is 1.81. The highest BCUT2D eigenvalue weighted by Crippen LogP contribution is 2.34. The van der Waals surface area contributed by atoms with Crippen LogP contribution < -0.4 is 20.1 Å². The number of hydrogen-bond acceptors (Lipinski definition) is 5. The quantitative estimate of drug-likeness (QED) is 0.651. The van der Waals surface area contributed by atoms with Crippen LogP contribution in [-0.2, 0) is 16.0 Å². The molecule has 0 saturated carbocycles. The summed E-state index contributed by atoms with van der Waals surface area (Å²) in [5.74, 6) is 0.641. The molecule has 1 heterocycles. The van der Waals surface area contributed by atoms with Crippen molar-refractivity contribution < 1.29 is 23.8 Å². The fourth-order valence-corrected chi connectivity index (χ4v) is 3.34. The summed E-state index contributed by atoms with van der Waals surface area (Å²) in [6.45, 7) is 4.31. The molecule has 2 amide bonds. The van der Waals surface area contributed by atoms with Crippen LogP contribution in [0, 0.1) is 0 Å². The summed E-state index contributed by atoms with van der Waals surface area (Å²) in [6.07, 6.45) is 0.611. The predicted molar refractivity (Wildman–Crippen MR) is 112 cm³/mol. The number of nitrogens with one attached hydrogen (secondary N) is 2. The number of carbonyl (C=O) groups is 2. The van der Waals surface area contributed by atoms with Crippen LogP contribution in [-0.4, -0.2) is 32.3 Å². The highest BCUT2D eigenvalue weighted by Gasteiger charge is 2.32. The zero-order valence-electron chi connectivity index (χ0n) is 17.4. The summed E-state index contributed by atoms with van der Waals surface area (Å²) in [5.41, 5.74) is 2.59. The van der Waals surface area contributed by atoms with E-state index in [1.807, 2.05) is 37.3 Å². The number of ether oxygens (including phenoxy) is 3. The first-order valence-corrected chi connectivity index (χ1v) is 9.83. The molecule has 0 spiro atoms. The van der Waals surface area contributed by atoms with Crippen molar-refractivity contribution in [3.63, 3.8) is 0 Å². The third-order valence-electron chi connectivity index (χ3n) is 4.78. The largest absolute Gasteiger partial charge is 0.493 e. The SMILES string of the molecule is CCOc1ccc(C2NC(=O)NC(C)=C2C(=O)OCCc2ccccc2)cc1OC. The molecule has 1 aliphatic rings. The highest BCUT2D eigenvalue weighted by molar-refractivity contribution is 5.95. The highest BCUT2D eigenvalue weighted by atomic mass is 16.5. The zero-order valence-corrected chi connectivity index (χ0v) is 17.4. The van der Waals surface area contributed by atoms with Gasteiger partial charge in [0.25, 0.3) is 0 Å². The summed E-state index contributed by atoms with van der Waals surface area (Å²) in [4.78, 5) is 25.0. The molecule has 2 aromatic rings. The summed E-state index contributed by atoms with van der Waals surface area (Å²) >= 11 is 0. The second-order valence-electron chi connectivity index (χ2n) is 6.78. The van der Waals surface area contributed by atoms with Crippen molar-refractivity contribution in [3.8, 4) is 11.5 Å². The normalized spacial score (nSPS) is 15.8. The smallest absolute Gasteiger partial charge is 0.338 e. The van der Waals surface area contributed by atoms with E-state index in [4.69, 9.17) is 14.2 Å². The van der Waals surface area contributed by atoms with Crippen LogP contribution in [0.15, 0.2) is 59.8 Å². The van der Waals surface area contributed by atoms with Crippen LogP contribution >= 0.6 is 0 Å². The topological polar surface area (TPSA) is 85.9 Å². The second kappa shape index (κ2) is 9.82. The Morgan fingerprint density at radius 1 is 1.10 bits per heavy atom. The number of urea groups is 1. The molecule has 0 saturated heterocycles. The molecule has 1 aliphatic heterocycles. The number of allylic oxidation sites excluding steroid dienone is 1. The van der Waals surface area contributed by atoms with Crippen LogP contribution in [0.2, 0.25) is 0 Å². The van der Waals surface area contributed by atoms with Gasteiger partial charge in [0.1, 0.15) is 0 Å². The summed E-state index contributed by atoms with van der Waals surface area (Å²) < 4.78 is 16.5.